The Hall–Kier alpha value is -2.74. The van der Waals surface area contributed by atoms with Crippen LogP contribution in [0.5, 0.6) is 5.75 Å². The lowest BCUT2D eigenvalue weighted by molar-refractivity contribution is -0.123. The Balaban J connectivity index is 1.58. The first kappa shape index (κ1) is 24.9. The maximum absolute atomic E-state index is 12.4. The third-order valence-electron chi connectivity index (χ3n) is 4.83. The first-order chi connectivity index (χ1) is 15.6. The Kier molecular flexibility index (Phi) is 8.24. The van der Waals surface area contributed by atoms with Gasteiger partial charge in [-0.2, -0.15) is 0 Å². The van der Waals surface area contributed by atoms with Gasteiger partial charge in [-0.15, -0.1) is 0 Å². The van der Waals surface area contributed by atoms with Crippen LogP contribution < -0.4 is 14.4 Å². The number of rotatable bonds is 9. The van der Waals surface area contributed by atoms with E-state index in [-0.39, 0.29) is 25.6 Å². The third-order valence-corrected chi connectivity index (χ3v) is 6.56. The second kappa shape index (κ2) is 10.9. The van der Waals surface area contributed by atoms with E-state index in [1.165, 1.54) is 10.6 Å². The molecule has 0 saturated heterocycles. The molecular weight excluding hydrogens is 483 g/mol. The molecule has 6 nitrogen and oxygen atoms in total. The lowest BCUT2D eigenvalue weighted by Crippen LogP contribution is -2.29. The van der Waals surface area contributed by atoms with Crippen molar-refractivity contribution in [3.05, 3.63) is 93.5 Å². The monoisotopic (exact) mass is 506 g/mol. The van der Waals surface area contributed by atoms with Crippen LogP contribution in [0.4, 0.5) is 5.69 Å². The van der Waals surface area contributed by atoms with Gasteiger partial charge in [-0.25, -0.2) is 8.42 Å². The van der Waals surface area contributed by atoms with E-state index >= 15 is 0 Å². The van der Waals surface area contributed by atoms with Crippen LogP contribution in [-0.4, -0.2) is 27.2 Å². The number of hydrogen-bond donors (Lipinski definition) is 1. The van der Waals surface area contributed by atoms with Gasteiger partial charge in [-0.3, -0.25) is 9.10 Å². The number of nitrogens with zero attached hydrogens (tertiary/aromatic N) is 1. The highest BCUT2D eigenvalue weighted by Gasteiger charge is 2.18. The SMILES string of the molecule is Cc1ccc(CN(c2ccc(OCC(=O)NCc3ccc(Cl)cc3Cl)cc2)S(C)(=O)=O)cc1. The predicted molar refractivity (Wildman–Crippen MR) is 132 cm³/mol. The van der Waals surface area contributed by atoms with Crippen molar-refractivity contribution in [2.24, 2.45) is 0 Å². The fraction of sp³-hybridized carbons (Fsp3) is 0.208. The van der Waals surface area contributed by atoms with Crippen molar-refractivity contribution in [2.75, 3.05) is 17.2 Å². The first-order valence-electron chi connectivity index (χ1n) is 10.1. The van der Waals surface area contributed by atoms with E-state index in [0.29, 0.717) is 21.5 Å². The lowest BCUT2D eigenvalue weighted by atomic mass is 10.1. The average molecular weight is 507 g/mol. The lowest BCUT2D eigenvalue weighted by Gasteiger charge is -2.23. The minimum atomic E-state index is -3.50. The van der Waals surface area contributed by atoms with E-state index in [4.69, 9.17) is 27.9 Å². The molecule has 0 aromatic heterocycles. The molecule has 0 bridgehead atoms. The van der Waals surface area contributed by atoms with Gasteiger partial charge in [-0.1, -0.05) is 59.1 Å². The molecule has 1 N–H and O–H groups in total. The van der Waals surface area contributed by atoms with Crippen LogP contribution in [0.2, 0.25) is 10.0 Å². The number of benzene rings is 3. The van der Waals surface area contributed by atoms with Crippen molar-refractivity contribution in [1.29, 1.82) is 0 Å². The highest BCUT2D eigenvalue weighted by atomic mass is 35.5. The summed E-state index contributed by atoms with van der Waals surface area (Å²) < 4.78 is 31.6. The maximum Gasteiger partial charge on any atom is 0.258 e. The highest BCUT2D eigenvalue weighted by molar-refractivity contribution is 7.92. The summed E-state index contributed by atoms with van der Waals surface area (Å²) >= 11 is 12.0. The van der Waals surface area contributed by atoms with Crippen molar-refractivity contribution in [3.8, 4) is 5.75 Å². The maximum atomic E-state index is 12.4. The van der Waals surface area contributed by atoms with Gasteiger partial charge in [0.05, 0.1) is 18.5 Å². The summed E-state index contributed by atoms with van der Waals surface area (Å²) in [4.78, 5) is 12.1. The van der Waals surface area contributed by atoms with Crippen LogP contribution >= 0.6 is 23.2 Å². The molecule has 0 spiro atoms. The summed E-state index contributed by atoms with van der Waals surface area (Å²) in [7, 11) is -3.50. The first-order valence-corrected chi connectivity index (χ1v) is 12.7. The molecule has 0 fully saturated rings. The molecule has 1 amide bonds. The molecule has 9 heteroatoms. The van der Waals surface area contributed by atoms with Crippen molar-refractivity contribution in [2.45, 2.75) is 20.0 Å². The Morgan fingerprint density at radius 1 is 1.00 bits per heavy atom. The molecule has 3 rings (SSSR count). The van der Waals surface area contributed by atoms with E-state index in [1.54, 1.807) is 42.5 Å². The van der Waals surface area contributed by atoms with Gasteiger partial charge in [0.25, 0.3) is 5.91 Å². The number of aryl methyl sites for hydroxylation is 1. The number of carbonyl (C=O) groups is 1. The molecule has 3 aromatic carbocycles. The van der Waals surface area contributed by atoms with Crippen LogP contribution in [-0.2, 0) is 27.9 Å². The fourth-order valence-electron chi connectivity index (χ4n) is 3.03. The van der Waals surface area contributed by atoms with Crippen LogP contribution in [0.3, 0.4) is 0 Å². The van der Waals surface area contributed by atoms with Crippen molar-refractivity contribution in [3.63, 3.8) is 0 Å². The molecular formula is C24H24Cl2N2O4S. The zero-order valence-corrected chi connectivity index (χ0v) is 20.5. The highest BCUT2D eigenvalue weighted by Crippen LogP contribution is 2.24. The van der Waals surface area contributed by atoms with Gasteiger partial charge in [0.2, 0.25) is 10.0 Å². The summed E-state index contributed by atoms with van der Waals surface area (Å²) in [6.07, 6.45) is 1.17. The third kappa shape index (κ3) is 7.39. The smallest absolute Gasteiger partial charge is 0.258 e. The second-order valence-corrected chi connectivity index (χ2v) is 10.3. The number of carbonyl (C=O) groups excluding carboxylic acids is 1. The van der Waals surface area contributed by atoms with Gasteiger partial charge in [0.1, 0.15) is 5.75 Å². The zero-order chi connectivity index (χ0) is 24.0. The summed E-state index contributed by atoms with van der Waals surface area (Å²) in [5.74, 6) is 0.129. The Labute approximate surface area is 204 Å². The fourth-order valence-corrected chi connectivity index (χ4v) is 4.39. The van der Waals surface area contributed by atoms with E-state index in [1.807, 2.05) is 31.2 Å². The van der Waals surface area contributed by atoms with Gasteiger partial charge in [0.15, 0.2) is 6.61 Å². The molecule has 0 aliphatic carbocycles. The molecule has 0 unspecified atom stereocenters. The van der Waals surface area contributed by atoms with Crippen LogP contribution in [0.1, 0.15) is 16.7 Å². The van der Waals surface area contributed by atoms with Crippen LogP contribution in [0.15, 0.2) is 66.7 Å². The number of halogens is 2. The molecule has 33 heavy (non-hydrogen) atoms. The summed E-state index contributed by atoms with van der Waals surface area (Å²) in [6.45, 7) is 2.25. The standard InChI is InChI=1S/C24H24Cl2N2O4S/c1-17-3-5-18(6-4-17)15-28(33(2,30)31)21-9-11-22(12-10-21)32-16-24(29)27-14-19-7-8-20(25)13-23(19)26/h3-13H,14-16H2,1-2H3,(H,27,29). The van der Waals surface area contributed by atoms with Gasteiger partial charge < -0.3 is 10.1 Å². The van der Waals surface area contributed by atoms with Crippen LogP contribution in [0.25, 0.3) is 0 Å². The molecule has 0 atom stereocenters. The van der Waals surface area contributed by atoms with E-state index in [0.717, 1.165) is 16.7 Å². The van der Waals surface area contributed by atoms with E-state index in [2.05, 4.69) is 5.32 Å². The summed E-state index contributed by atoms with van der Waals surface area (Å²) in [5, 5.41) is 3.73. The van der Waals surface area contributed by atoms with Crippen molar-refractivity contribution < 1.29 is 17.9 Å². The summed E-state index contributed by atoms with van der Waals surface area (Å²) in [6, 6.07) is 19.3. The number of anilines is 1. The predicted octanol–water partition coefficient (Wildman–Crippen LogP) is 4.96. The van der Waals surface area contributed by atoms with E-state index in [9.17, 15) is 13.2 Å². The van der Waals surface area contributed by atoms with Crippen molar-refractivity contribution in [1.82, 2.24) is 5.32 Å². The number of nitrogens with one attached hydrogen (secondary N) is 1. The molecule has 0 saturated carbocycles. The molecule has 3 aromatic rings. The number of ether oxygens (including phenoxy) is 1. The minimum Gasteiger partial charge on any atom is -0.484 e. The van der Waals surface area contributed by atoms with Gasteiger partial charge >= 0.3 is 0 Å². The quantitative estimate of drug-likeness (QED) is 0.444. The Bertz CT molecular complexity index is 1210. The topological polar surface area (TPSA) is 75.7 Å². The Morgan fingerprint density at radius 2 is 1.67 bits per heavy atom. The van der Waals surface area contributed by atoms with Crippen molar-refractivity contribution >= 4 is 44.8 Å². The Morgan fingerprint density at radius 3 is 2.27 bits per heavy atom. The number of amides is 1. The molecule has 0 aliphatic rings. The normalized spacial score (nSPS) is 11.2. The van der Waals surface area contributed by atoms with Gasteiger partial charge in [-0.05, 0) is 54.4 Å². The minimum absolute atomic E-state index is 0.191. The van der Waals surface area contributed by atoms with Crippen LogP contribution in [0, 0.1) is 6.92 Å². The van der Waals surface area contributed by atoms with Gasteiger partial charge in [0, 0.05) is 16.6 Å². The molecule has 0 radical (unpaired) electrons. The van der Waals surface area contributed by atoms with E-state index < -0.39 is 10.0 Å². The average Bonchev–Trinajstić information content (AvgIpc) is 2.76. The molecule has 0 aliphatic heterocycles. The molecule has 0 heterocycles. The summed E-state index contributed by atoms with van der Waals surface area (Å²) in [5.41, 5.74) is 3.23. The number of sulfonamides is 1. The molecule has 174 valence electrons. The number of hydrogen-bond acceptors (Lipinski definition) is 4. The second-order valence-electron chi connectivity index (χ2n) is 7.55. The zero-order valence-electron chi connectivity index (χ0n) is 18.2. The largest absolute Gasteiger partial charge is 0.484 e.